The Morgan fingerprint density at radius 1 is 1.00 bits per heavy atom. The van der Waals surface area contributed by atoms with Crippen molar-refractivity contribution < 1.29 is 31.5 Å². The molecule has 0 radical (unpaired) electrons. The van der Waals surface area contributed by atoms with Crippen LogP contribution in [0.5, 0.6) is 0 Å². The Hall–Kier alpha value is -3.68. The number of hydrogen-bond acceptors (Lipinski definition) is 5. The van der Waals surface area contributed by atoms with Gasteiger partial charge in [-0.2, -0.15) is 13.2 Å². The van der Waals surface area contributed by atoms with Crippen molar-refractivity contribution in [3.63, 3.8) is 0 Å². The monoisotopic (exact) mass is 564 g/mol. The molecule has 0 amide bonds. The van der Waals surface area contributed by atoms with E-state index in [1.165, 1.54) is 0 Å². The number of carboxylic acid groups (broad SMARTS) is 1. The Bertz CT molecular complexity index is 1620. The average molecular weight is 565 g/mol. The van der Waals surface area contributed by atoms with Gasteiger partial charge in [-0.25, -0.2) is 22.7 Å². The molecule has 1 aliphatic heterocycles. The minimum Gasteiger partial charge on any atom is -0.475 e. The van der Waals surface area contributed by atoms with Crippen LogP contribution in [0.2, 0.25) is 0 Å². The fourth-order valence-corrected chi connectivity index (χ4v) is 5.93. The van der Waals surface area contributed by atoms with Crippen molar-refractivity contribution in [1.29, 1.82) is 0 Å². The van der Waals surface area contributed by atoms with Gasteiger partial charge in [-0.1, -0.05) is 48.5 Å². The van der Waals surface area contributed by atoms with Crippen LogP contribution in [-0.2, 0) is 14.8 Å². The van der Waals surface area contributed by atoms with Crippen LogP contribution in [0.25, 0.3) is 21.8 Å². The average Bonchev–Trinajstić information content (AvgIpc) is 3.24. The van der Waals surface area contributed by atoms with E-state index < -0.39 is 22.2 Å². The van der Waals surface area contributed by atoms with Gasteiger partial charge in [0.15, 0.2) is 0 Å². The Kier molecular flexibility index (Phi) is 8.42. The molecule has 5 rings (SSSR count). The van der Waals surface area contributed by atoms with Crippen molar-refractivity contribution in [3.05, 3.63) is 77.2 Å². The summed E-state index contributed by atoms with van der Waals surface area (Å²) in [5.74, 6) is -2.76. The summed E-state index contributed by atoms with van der Waals surface area (Å²) in [6, 6.07) is 20.8. The van der Waals surface area contributed by atoms with Crippen LogP contribution >= 0.6 is 0 Å². The van der Waals surface area contributed by atoms with Gasteiger partial charge in [-0.3, -0.25) is 4.57 Å². The largest absolute Gasteiger partial charge is 0.490 e. The lowest BCUT2D eigenvalue weighted by Gasteiger charge is -2.32. The Balaban J connectivity index is 0.000000448. The number of hydrogen-bond donors (Lipinski definition) is 3. The quantitative estimate of drug-likeness (QED) is 0.328. The maximum atomic E-state index is 12.9. The predicted octanol–water partition coefficient (Wildman–Crippen LogP) is 3.73. The number of para-hydroxylation sites is 2. The van der Waals surface area contributed by atoms with E-state index >= 15 is 0 Å². The molecule has 9 nitrogen and oxygen atoms in total. The summed E-state index contributed by atoms with van der Waals surface area (Å²) in [4.78, 5) is 26.8. The molecule has 0 saturated carbocycles. The van der Waals surface area contributed by atoms with Crippen LogP contribution in [0.1, 0.15) is 18.9 Å². The smallest absolute Gasteiger partial charge is 0.475 e. The molecule has 0 aliphatic carbocycles. The summed E-state index contributed by atoms with van der Waals surface area (Å²) in [6.45, 7) is 2.64. The Labute approximate surface area is 221 Å². The fourth-order valence-electron chi connectivity index (χ4n) is 4.68. The highest BCUT2D eigenvalue weighted by molar-refractivity contribution is 7.89. The number of fused-ring (bicyclic) bond motifs is 2. The van der Waals surface area contributed by atoms with E-state index in [4.69, 9.17) is 9.90 Å². The van der Waals surface area contributed by atoms with Gasteiger partial charge in [0.2, 0.25) is 10.0 Å². The predicted molar refractivity (Wildman–Crippen MR) is 140 cm³/mol. The van der Waals surface area contributed by atoms with Gasteiger partial charge in [0.1, 0.15) is 0 Å². The van der Waals surface area contributed by atoms with Gasteiger partial charge in [0.25, 0.3) is 0 Å². The molecule has 3 aromatic carbocycles. The zero-order valence-electron chi connectivity index (χ0n) is 20.7. The van der Waals surface area contributed by atoms with Gasteiger partial charge in [0, 0.05) is 37.6 Å². The number of piperidine rings is 1. The summed E-state index contributed by atoms with van der Waals surface area (Å²) < 4.78 is 62.1. The fraction of sp³-hybridized carbons (Fsp3) is 0.308. The van der Waals surface area contributed by atoms with Gasteiger partial charge in [-0.15, -0.1) is 0 Å². The topological polar surface area (TPSA) is 124 Å². The van der Waals surface area contributed by atoms with Crippen molar-refractivity contribution in [2.45, 2.75) is 30.0 Å². The summed E-state index contributed by atoms with van der Waals surface area (Å²) >= 11 is 0. The third kappa shape index (κ3) is 6.67. The second-order valence-electron chi connectivity index (χ2n) is 9.07. The molecule has 1 aliphatic rings. The second kappa shape index (κ2) is 11.6. The van der Waals surface area contributed by atoms with Crippen LogP contribution in [0.3, 0.4) is 0 Å². The number of aromatic amines is 1. The highest BCUT2D eigenvalue weighted by Crippen LogP contribution is 2.25. The number of rotatable bonds is 6. The number of carboxylic acids is 1. The number of aliphatic carboxylic acids is 1. The molecular weight excluding hydrogens is 537 g/mol. The first-order valence-electron chi connectivity index (χ1n) is 12.2. The molecule has 0 unspecified atom stereocenters. The number of halogens is 3. The molecule has 3 N–H and O–H groups in total. The van der Waals surface area contributed by atoms with Crippen molar-refractivity contribution in [2.75, 3.05) is 26.2 Å². The number of aromatic nitrogens is 2. The molecule has 13 heteroatoms. The normalized spacial score (nSPS) is 15.3. The van der Waals surface area contributed by atoms with Gasteiger partial charge in [-0.05, 0) is 36.4 Å². The number of carbonyl (C=O) groups is 1. The molecule has 1 saturated heterocycles. The van der Waals surface area contributed by atoms with E-state index in [1.54, 1.807) is 12.1 Å². The molecule has 2 heterocycles. The van der Waals surface area contributed by atoms with Gasteiger partial charge >= 0.3 is 17.8 Å². The van der Waals surface area contributed by atoms with Gasteiger partial charge in [0.05, 0.1) is 15.9 Å². The van der Waals surface area contributed by atoms with Crippen LogP contribution in [0.4, 0.5) is 13.2 Å². The van der Waals surface area contributed by atoms with E-state index in [1.807, 2.05) is 59.2 Å². The third-order valence-electron chi connectivity index (χ3n) is 6.55. The highest BCUT2D eigenvalue weighted by atomic mass is 32.2. The molecule has 1 aromatic heterocycles. The van der Waals surface area contributed by atoms with Crippen LogP contribution in [0, 0.1) is 0 Å². The molecule has 39 heavy (non-hydrogen) atoms. The molecular formula is C26H27F3N4O5S. The highest BCUT2D eigenvalue weighted by Gasteiger charge is 2.38. The van der Waals surface area contributed by atoms with Crippen LogP contribution < -0.4 is 10.4 Å². The number of benzene rings is 3. The zero-order chi connectivity index (χ0) is 28.2. The number of H-pyrrole nitrogens is 1. The second-order valence-corrected chi connectivity index (χ2v) is 10.8. The van der Waals surface area contributed by atoms with E-state index in [0.717, 1.165) is 47.7 Å². The molecule has 0 spiro atoms. The number of imidazole rings is 1. The minimum atomic E-state index is -5.08. The summed E-state index contributed by atoms with van der Waals surface area (Å²) in [5.41, 5.74) is 1.74. The lowest BCUT2D eigenvalue weighted by Crippen LogP contribution is -2.41. The Morgan fingerprint density at radius 2 is 1.62 bits per heavy atom. The van der Waals surface area contributed by atoms with Crippen molar-refractivity contribution in [2.24, 2.45) is 0 Å². The lowest BCUT2D eigenvalue weighted by atomic mass is 10.0. The van der Waals surface area contributed by atoms with E-state index in [2.05, 4.69) is 14.6 Å². The maximum absolute atomic E-state index is 12.9. The molecule has 4 aromatic rings. The first-order chi connectivity index (χ1) is 18.5. The molecule has 208 valence electrons. The SMILES string of the molecule is O=C(O)C(F)(F)F.O=c1[nH]c2ccccc2n1C1CCN(CCNS(=O)(=O)c2cccc3ccccc23)CC1. The third-order valence-corrected chi connectivity index (χ3v) is 8.07. The van der Waals surface area contributed by atoms with Crippen LogP contribution in [-0.4, -0.2) is 66.3 Å². The number of nitrogens with one attached hydrogen (secondary N) is 2. The summed E-state index contributed by atoms with van der Waals surface area (Å²) in [5, 5.41) is 8.76. The van der Waals surface area contributed by atoms with Crippen molar-refractivity contribution in [1.82, 2.24) is 19.2 Å². The van der Waals surface area contributed by atoms with E-state index in [0.29, 0.717) is 18.0 Å². The van der Waals surface area contributed by atoms with Gasteiger partial charge < -0.3 is 15.0 Å². The summed E-state index contributed by atoms with van der Waals surface area (Å²) in [7, 11) is -3.59. The zero-order valence-corrected chi connectivity index (χ0v) is 21.5. The first-order valence-corrected chi connectivity index (χ1v) is 13.6. The molecule has 1 fully saturated rings. The maximum Gasteiger partial charge on any atom is 0.490 e. The lowest BCUT2D eigenvalue weighted by molar-refractivity contribution is -0.192. The van der Waals surface area contributed by atoms with Crippen LogP contribution in [0.15, 0.2) is 76.4 Å². The number of likely N-dealkylation sites (tertiary alicyclic amines) is 1. The van der Waals surface area contributed by atoms with Crippen molar-refractivity contribution >= 4 is 37.8 Å². The summed E-state index contributed by atoms with van der Waals surface area (Å²) in [6.07, 6.45) is -3.37. The number of sulfonamides is 1. The van der Waals surface area contributed by atoms with E-state index in [-0.39, 0.29) is 11.7 Å². The van der Waals surface area contributed by atoms with E-state index in [9.17, 15) is 26.4 Å². The standard InChI is InChI=1S/C24H26N4O3S.C2HF3O2/c29-24-26-21-9-3-4-10-22(21)28(24)19-12-15-27(16-13-19)17-14-25-32(30,31)23-11-5-7-18-6-1-2-8-20(18)23;3-2(4,5)1(6)7/h1-11,19,25H,12-17H2,(H,26,29);(H,6,7). The molecule has 0 bridgehead atoms. The minimum absolute atomic E-state index is 0.0625. The first kappa shape index (κ1) is 28.3. The number of nitrogens with zero attached hydrogens (tertiary/aromatic N) is 2. The Morgan fingerprint density at radius 3 is 2.31 bits per heavy atom. The van der Waals surface area contributed by atoms with Crippen molar-refractivity contribution in [3.8, 4) is 0 Å². The molecule has 0 atom stereocenters. The number of alkyl halides is 3.